The topological polar surface area (TPSA) is 70.6 Å². The van der Waals surface area contributed by atoms with Crippen molar-refractivity contribution in [3.05, 3.63) is 58.6 Å². The molecule has 0 radical (unpaired) electrons. The van der Waals surface area contributed by atoms with Crippen LogP contribution in [0, 0.1) is 0 Å². The molecule has 0 saturated heterocycles. The zero-order valence-corrected chi connectivity index (χ0v) is 13.8. The first kappa shape index (κ1) is 16.6. The summed E-state index contributed by atoms with van der Waals surface area (Å²) in [4.78, 5) is 12.3. The molecule has 2 aromatic carbocycles. The van der Waals surface area contributed by atoms with Crippen LogP contribution >= 0.6 is 11.6 Å². The van der Waals surface area contributed by atoms with Crippen molar-refractivity contribution in [3.8, 4) is 5.75 Å². The van der Waals surface area contributed by atoms with Gasteiger partial charge in [0.25, 0.3) is 0 Å². The minimum Gasteiger partial charge on any atom is -0.493 e. The van der Waals surface area contributed by atoms with E-state index in [4.69, 9.17) is 16.3 Å². The maximum atomic E-state index is 12.3. The first-order valence-electron chi connectivity index (χ1n) is 7.81. The van der Waals surface area contributed by atoms with Gasteiger partial charge in [-0.05, 0) is 23.8 Å². The van der Waals surface area contributed by atoms with E-state index in [-0.39, 0.29) is 25.1 Å². The van der Waals surface area contributed by atoms with E-state index in [0.717, 1.165) is 23.3 Å². The first-order valence-corrected chi connectivity index (χ1v) is 8.19. The number of carbonyl (C=O) groups excluding carboxylic acids is 1. The molecule has 2 aromatic rings. The molecule has 0 saturated carbocycles. The van der Waals surface area contributed by atoms with Crippen molar-refractivity contribution in [3.63, 3.8) is 0 Å². The molecule has 0 spiro atoms. The predicted octanol–water partition coefficient (Wildman–Crippen LogP) is 2.88. The summed E-state index contributed by atoms with van der Waals surface area (Å²) in [6, 6.07) is 12.9. The number of carbonyl (C=O) groups is 1. The number of ether oxygens (including phenoxy) is 1. The van der Waals surface area contributed by atoms with Crippen LogP contribution in [0.5, 0.6) is 5.75 Å². The molecule has 6 heteroatoms. The van der Waals surface area contributed by atoms with Gasteiger partial charge in [0.2, 0.25) is 5.91 Å². The zero-order chi connectivity index (χ0) is 16.9. The second-order valence-electron chi connectivity index (χ2n) is 5.62. The predicted molar refractivity (Wildman–Crippen MR) is 93.3 cm³/mol. The van der Waals surface area contributed by atoms with Crippen LogP contribution in [0.15, 0.2) is 42.5 Å². The van der Waals surface area contributed by atoms with Gasteiger partial charge in [-0.25, -0.2) is 0 Å². The molecule has 1 unspecified atom stereocenters. The summed E-state index contributed by atoms with van der Waals surface area (Å²) in [5, 5.41) is 15.7. The Balaban J connectivity index is 1.61. The molecule has 1 amide bonds. The zero-order valence-electron chi connectivity index (χ0n) is 13.1. The summed E-state index contributed by atoms with van der Waals surface area (Å²) >= 11 is 6.10. The smallest absolute Gasteiger partial charge is 0.239 e. The molecule has 3 N–H and O–H groups in total. The van der Waals surface area contributed by atoms with Crippen molar-refractivity contribution < 1.29 is 14.6 Å². The third-order valence-electron chi connectivity index (χ3n) is 3.95. The highest BCUT2D eigenvalue weighted by Crippen LogP contribution is 2.31. The van der Waals surface area contributed by atoms with Gasteiger partial charge in [-0.3, -0.25) is 4.79 Å². The maximum absolute atomic E-state index is 12.3. The van der Waals surface area contributed by atoms with Crippen LogP contribution in [0.4, 0.5) is 5.69 Å². The Kier molecular flexibility index (Phi) is 5.23. The average Bonchev–Trinajstić information content (AvgIpc) is 2.61. The Hall–Kier alpha value is -2.24. The van der Waals surface area contributed by atoms with Crippen LogP contribution in [0.1, 0.15) is 23.6 Å². The van der Waals surface area contributed by atoms with Crippen LogP contribution in [-0.2, 0) is 11.4 Å². The van der Waals surface area contributed by atoms with Gasteiger partial charge < -0.3 is 20.5 Å². The Morgan fingerprint density at radius 3 is 2.96 bits per heavy atom. The van der Waals surface area contributed by atoms with Gasteiger partial charge in [-0.1, -0.05) is 35.9 Å². The van der Waals surface area contributed by atoms with Gasteiger partial charge in [0, 0.05) is 12.0 Å². The third kappa shape index (κ3) is 3.80. The Morgan fingerprint density at radius 2 is 2.12 bits per heavy atom. The molecule has 0 fully saturated rings. The first-order chi connectivity index (χ1) is 11.7. The fraction of sp³-hybridized carbons (Fsp3) is 0.278. The minimum atomic E-state index is -0.123. The lowest BCUT2D eigenvalue weighted by atomic mass is 10.0. The summed E-state index contributed by atoms with van der Waals surface area (Å²) in [7, 11) is 0. The van der Waals surface area contributed by atoms with E-state index >= 15 is 0 Å². The summed E-state index contributed by atoms with van der Waals surface area (Å²) in [5.41, 5.74) is 2.36. The molecule has 126 valence electrons. The Morgan fingerprint density at radius 1 is 1.29 bits per heavy atom. The number of rotatable bonds is 5. The summed E-state index contributed by atoms with van der Waals surface area (Å²) in [6.45, 7) is 0.616. The molecule has 0 aromatic heterocycles. The average molecular weight is 347 g/mol. The molecule has 3 rings (SSSR count). The Bertz CT molecular complexity index is 736. The fourth-order valence-electron chi connectivity index (χ4n) is 2.72. The molecule has 1 aliphatic heterocycles. The third-order valence-corrected chi connectivity index (χ3v) is 4.28. The van der Waals surface area contributed by atoms with Gasteiger partial charge in [0.1, 0.15) is 5.75 Å². The molecule has 0 aliphatic carbocycles. The second kappa shape index (κ2) is 7.55. The molecule has 1 aliphatic rings. The number of nitrogens with one attached hydrogen (secondary N) is 2. The SMILES string of the molecule is O=C(CNc1cc(CO)ccc1Cl)NC1CCOc2ccccc21. The van der Waals surface area contributed by atoms with E-state index in [1.54, 1.807) is 18.2 Å². The standard InChI is InChI=1S/C18H19ClN2O3/c19-14-6-5-12(11-22)9-16(14)20-10-18(23)21-15-7-8-24-17-4-2-1-3-13(15)17/h1-6,9,15,20,22H,7-8,10-11H2,(H,21,23). The molecule has 1 atom stereocenters. The largest absolute Gasteiger partial charge is 0.493 e. The molecule has 0 bridgehead atoms. The van der Waals surface area contributed by atoms with Crippen LogP contribution in [0.2, 0.25) is 5.02 Å². The number of hydrogen-bond acceptors (Lipinski definition) is 4. The van der Waals surface area contributed by atoms with Crippen molar-refractivity contribution in [1.82, 2.24) is 5.32 Å². The Labute approximate surface area is 145 Å². The van der Waals surface area contributed by atoms with Crippen molar-refractivity contribution >= 4 is 23.2 Å². The molecular weight excluding hydrogens is 328 g/mol. The monoisotopic (exact) mass is 346 g/mol. The number of hydrogen-bond donors (Lipinski definition) is 3. The van der Waals surface area contributed by atoms with E-state index in [9.17, 15) is 9.90 Å². The van der Waals surface area contributed by atoms with E-state index in [2.05, 4.69) is 10.6 Å². The van der Waals surface area contributed by atoms with Crippen LogP contribution in [-0.4, -0.2) is 24.2 Å². The summed E-state index contributed by atoms with van der Waals surface area (Å²) in [6.07, 6.45) is 0.740. The highest BCUT2D eigenvalue weighted by molar-refractivity contribution is 6.33. The van der Waals surface area contributed by atoms with Crippen LogP contribution < -0.4 is 15.4 Å². The van der Waals surface area contributed by atoms with Gasteiger partial charge in [-0.2, -0.15) is 0 Å². The van der Waals surface area contributed by atoms with Crippen molar-refractivity contribution in [2.45, 2.75) is 19.1 Å². The maximum Gasteiger partial charge on any atom is 0.239 e. The lowest BCUT2D eigenvalue weighted by molar-refractivity contribution is -0.120. The van der Waals surface area contributed by atoms with E-state index in [0.29, 0.717) is 17.3 Å². The number of benzene rings is 2. The van der Waals surface area contributed by atoms with Gasteiger partial charge >= 0.3 is 0 Å². The number of aliphatic hydroxyl groups is 1. The lowest BCUT2D eigenvalue weighted by Crippen LogP contribution is -2.35. The van der Waals surface area contributed by atoms with Crippen molar-refractivity contribution in [2.24, 2.45) is 0 Å². The quantitative estimate of drug-likeness (QED) is 0.778. The number of halogens is 1. The highest BCUT2D eigenvalue weighted by Gasteiger charge is 2.22. The summed E-state index contributed by atoms with van der Waals surface area (Å²) < 4.78 is 5.60. The van der Waals surface area contributed by atoms with E-state index < -0.39 is 0 Å². The number of amides is 1. The second-order valence-corrected chi connectivity index (χ2v) is 6.03. The highest BCUT2D eigenvalue weighted by atomic mass is 35.5. The van der Waals surface area contributed by atoms with Crippen LogP contribution in [0.3, 0.4) is 0 Å². The number of fused-ring (bicyclic) bond motifs is 1. The molecule has 24 heavy (non-hydrogen) atoms. The fourth-order valence-corrected chi connectivity index (χ4v) is 2.90. The normalized spacial score (nSPS) is 16.0. The molecular formula is C18H19ClN2O3. The minimum absolute atomic E-state index is 0.0523. The van der Waals surface area contributed by atoms with Crippen molar-refractivity contribution in [1.29, 1.82) is 0 Å². The molecule has 1 heterocycles. The van der Waals surface area contributed by atoms with E-state index in [1.165, 1.54) is 0 Å². The number of anilines is 1. The molecule has 5 nitrogen and oxygen atoms in total. The van der Waals surface area contributed by atoms with Crippen LogP contribution in [0.25, 0.3) is 0 Å². The van der Waals surface area contributed by atoms with Gasteiger partial charge in [-0.15, -0.1) is 0 Å². The van der Waals surface area contributed by atoms with Gasteiger partial charge in [0.05, 0.1) is 36.5 Å². The number of para-hydroxylation sites is 1. The van der Waals surface area contributed by atoms with Crippen molar-refractivity contribution in [2.75, 3.05) is 18.5 Å². The summed E-state index contributed by atoms with van der Waals surface area (Å²) in [5.74, 6) is 0.697. The lowest BCUT2D eigenvalue weighted by Gasteiger charge is -2.26. The number of aliphatic hydroxyl groups excluding tert-OH is 1. The van der Waals surface area contributed by atoms with Gasteiger partial charge in [0.15, 0.2) is 0 Å². The van der Waals surface area contributed by atoms with E-state index in [1.807, 2.05) is 24.3 Å².